The van der Waals surface area contributed by atoms with Gasteiger partial charge in [-0.1, -0.05) is 16.7 Å². The van der Waals surface area contributed by atoms with Crippen LogP contribution in [0.2, 0.25) is 0 Å². The van der Waals surface area contributed by atoms with Crippen molar-refractivity contribution in [3.8, 4) is 0 Å². The van der Waals surface area contributed by atoms with Crippen molar-refractivity contribution >= 4 is 51.3 Å². The molecule has 1 unspecified atom stereocenters. The predicted octanol–water partition coefficient (Wildman–Crippen LogP) is 2.81. The molecule has 26 heavy (non-hydrogen) atoms. The molecule has 0 aliphatic rings. The van der Waals surface area contributed by atoms with Crippen molar-refractivity contribution in [1.29, 1.82) is 0 Å². The van der Waals surface area contributed by atoms with Gasteiger partial charge in [-0.3, -0.25) is 4.55 Å². The Morgan fingerprint density at radius 2 is 1.77 bits per heavy atom. The molecular formula is C16H12N3O5PS. The second-order valence-electron chi connectivity index (χ2n) is 5.33. The van der Waals surface area contributed by atoms with Crippen molar-refractivity contribution in [1.82, 2.24) is 0 Å². The summed E-state index contributed by atoms with van der Waals surface area (Å²) in [4.78, 5) is 10.8. The summed E-state index contributed by atoms with van der Waals surface area (Å²) < 4.78 is 42.8. The van der Waals surface area contributed by atoms with Gasteiger partial charge in [0.1, 0.15) is 0 Å². The number of nitrogens with zero attached hydrogens (tertiary/aromatic N) is 2. The summed E-state index contributed by atoms with van der Waals surface area (Å²) >= 11 is 0. The van der Waals surface area contributed by atoms with Gasteiger partial charge in [0, 0.05) is 22.5 Å². The van der Waals surface area contributed by atoms with Crippen LogP contribution in [0.4, 0.5) is 17.1 Å². The molecule has 10 heteroatoms. The first-order chi connectivity index (χ1) is 12.3. The molecule has 0 saturated heterocycles. The highest BCUT2D eigenvalue weighted by Crippen LogP contribution is 2.33. The smallest absolute Gasteiger partial charge is 0.348 e. The summed E-state index contributed by atoms with van der Waals surface area (Å²) in [5.74, 6) is 0. The van der Waals surface area contributed by atoms with E-state index in [4.69, 9.17) is 5.73 Å². The number of nitrogens with two attached hydrogens (primary N) is 1. The molecule has 0 amide bonds. The Kier molecular flexibility index (Phi) is 4.80. The van der Waals surface area contributed by atoms with Crippen LogP contribution in [0.5, 0.6) is 0 Å². The Morgan fingerprint density at radius 1 is 1.00 bits per heavy atom. The first kappa shape index (κ1) is 18.1. The SMILES string of the molecule is Nc1ccc(N=Nc2cccc([P+](=O)[O-])c2)c2ccc(S(=O)(=O)O)cc12. The molecule has 8 nitrogen and oxygen atoms in total. The topological polar surface area (TPSA) is 145 Å². The Hall–Kier alpha value is -2.71. The van der Waals surface area contributed by atoms with Crippen LogP contribution >= 0.6 is 8.03 Å². The highest BCUT2D eigenvalue weighted by Gasteiger charge is 2.13. The molecule has 0 radical (unpaired) electrons. The van der Waals surface area contributed by atoms with Crippen LogP contribution in [-0.2, 0) is 14.7 Å². The zero-order valence-electron chi connectivity index (χ0n) is 13.1. The van der Waals surface area contributed by atoms with Crippen molar-refractivity contribution in [2.24, 2.45) is 10.2 Å². The Morgan fingerprint density at radius 3 is 2.46 bits per heavy atom. The fourth-order valence-corrected chi connectivity index (χ4v) is 3.31. The zero-order valence-corrected chi connectivity index (χ0v) is 14.8. The number of hydrogen-bond donors (Lipinski definition) is 2. The van der Waals surface area contributed by atoms with Crippen LogP contribution in [-0.4, -0.2) is 13.0 Å². The van der Waals surface area contributed by atoms with Crippen LogP contribution in [0.3, 0.4) is 0 Å². The van der Waals surface area contributed by atoms with Gasteiger partial charge in [-0.25, -0.2) is 0 Å². The van der Waals surface area contributed by atoms with Gasteiger partial charge < -0.3 is 10.6 Å². The lowest BCUT2D eigenvalue weighted by atomic mass is 10.1. The van der Waals surface area contributed by atoms with E-state index in [0.29, 0.717) is 27.8 Å². The van der Waals surface area contributed by atoms with Crippen molar-refractivity contribution in [3.63, 3.8) is 0 Å². The van der Waals surface area contributed by atoms with Gasteiger partial charge in [0.15, 0.2) is 5.30 Å². The number of hydrogen-bond acceptors (Lipinski definition) is 7. The molecule has 3 rings (SSSR count). The van der Waals surface area contributed by atoms with Gasteiger partial charge in [-0.15, -0.1) is 5.11 Å². The molecular weight excluding hydrogens is 377 g/mol. The predicted molar refractivity (Wildman–Crippen MR) is 96.0 cm³/mol. The van der Waals surface area contributed by atoms with E-state index in [-0.39, 0.29) is 10.2 Å². The fourth-order valence-electron chi connectivity index (χ4n) is 2.36. The number of benzene rings is 3. The Balaban J connectivity index is 2.07. The summed E-state index contributed by atoms with van der Waals surface area (Å²) in [6, 6.07) is 13.1. The van der Waals surface area contributed by atoms with Crippen molar-refractivity contribution < 1.29 is 22.4 Å². The summed E-state index contributed by atoms with van der Waals surface area (Å²) in [5, 5.41) is 9.17. The van der Waals surface area contributed by atoms with Crippen LogP contribution < -0.4 is 15.9 Å². The van der Waals surface area contributed by atoms with Gasteiger partial charge >= 0.3 is 8.03 Å². The number of anilines is 1. The average Bonchev–Trinajstić information content (AvgIpc) is 2.60. The average molecular weight is 389 g/mol. The number of azo groups is 1. The number of rotatable bonds is 4. The highest BCUT2D eigenvalue weighted by atomic mass is 32.2. The summed E-state index contributed by atoms with van der Waals surface area (Å²) in [7, 11) is -7.08. The molecule has 132 valence electrons. The minimum absolute atomic E-state index is 0.122. The maximum Gasteiger partial charge on any atom is 0.348 e. The lowest BCUT2D eigenvalue weighted by Crippen LogP contribution is -2.02. The molecule has 0 aromatic heterocycles. The van der Waals surface area contributed by atoms with Crippen molar-refractivity contribution in [3.05, 3.63) is 54.6 Å². The van der Waals surface area contributed by atoms with E-state index in [0.717, 1.165) is 0 Å². The van der Waals surface area contributed by atoms with E-state index < -0.39 is 18.1 Å². The first-order valence-corrected chi connectivity index (χ1v) is 9.83. The van der Waals surface area contributed by atoms with Gasteiger partial charge in [-0.05, 0) is 36.4 Å². The van der Waals surface area contributed by atoms with E-state index >= 15 is 0 Å². The largest absolute Gasteiger partial charge is 0.591 e. The molecule has 3 aromatic carbocycles. The molecule has 3 N–H and O–H groups in total. The van der Waals surface area contributed by atoms with Crippen LogP contribution in [0.15, 0.2) is 69.7 Å². The summed E-state index contributed by atoms with van der Waals surface area (Å²) in [6.07, 6.45) is 0. The third kappa shape index (κ3) is 3.76. The third-order valence-corrected chi connectivity index (χ3v) is 5.16. The molecule has 0 fully saturated rings. The normalized spacial score (nSPS) is 12.6. The van der Waals surface area contributed by atoms with Gasteiger partial charge in [-0.2, -0.15) is 13.5 Å². The van der Waals surface area contributed by atoms with E-state index in [2.05, 4.69) is 10.2 Å². The monoisotopic (exact) mass is 389 g/mol. The molecule has 1 atom stereocenters. The van der Waals surface area contributed by atoms with E-state index in [1.807, 2.05) is 0 Å². The Labute approximate surface area is 149 Å². The van der Waals surface area contributed by atoms with Crippen LogP contribution in [0, 0.1) is 0 Å². The number of nitrogen functional groups attached to an aromatic ring is 1. The minimum Gasteiger partial charge on any atom is -0.591 e. The second kappa shape index (κ2) is 6.89. The van der Waals surface area contributed by atoms with Gasteiger partial charge in [0.05, 0.1) is 16.3 Å². The van der Waals surface area contributed by atoms with E-state index in [1.165, 1.54) is 36.4 Å². The molecule has 0 bridgehead atoms. The molecule has 3 aromatic rings. The molecule has 0 heterocycles. The summed E-state index contributed by atoms with van der Waals surface area (Å²) in [6.45, 7) is 0. The van der Waals surface area contributed by atoms with Gasteiger partial charge in [0.2, 0.25) is 0 Å². The zero-order chi connectivity index (χ0) is 18.9. The molecule has 0 saturated carbocycles. The quantitative estimate of drug-likeness (QED) is 0.304. The molecule has 0 aliphatic heterocycles. The van der Waals surface area contributed by atoms with E-state index in [1.54, 1.807) is 18.2 Å². The molecule has 0 aliphatic carbocycles. The summed E-state index contributed by atoms with van der Waals surface area (Å²) in [5.41, 5.74) is 6.95. The standard InChI is InChI=1S/C16H12N3O5PS/c17-15-6-7-16(13-5-4-12(9-14(13)15)26(22,23)24)19-18-10-2-1-3-11(8-10)25(20)21/h1-9H,17H2,(H,22,23,24). The second-order valence-corrected chi connectivity index (χ2v) is 7.79. The highest BCUT2D eigenvalue weighted by molar-refractivity contribution is 7.85. The van der Waals surface area contributed by atoms with E-state index in [9.17, 15) is 22.4 Å². The van der Waals surface area contributed by atoms with Gasteiger partial charge in [0.25, 0.3) is 10.1 Å². The third-order valence-electron chi connectivity index (χ3n) is 3.61. The lowest BCUT2D eigenvalue weighted by Gasteiger charge is -2.06. The van der Waals surface area contributed by atoms with Crippen LogP contribution in [0.25, 0.3) is 10.8 Å². The van der Waals surface area contributed by atoms with Crippen LogP contribution in [0.1, 0.15) is 0 Å². The first-order valence-electron chi connectivity index (χ1n) is 7.21. The fraction of sp³-hybridized carbons (Fsp3) is 0. The minimum atomic E-state index is -4.36. The lowest BCUT2D eigenvalue weighted by molar-refractivity contribution is -0.160. The maximum atomic E-state index is 11.3. The number of fused-ring (bicyclic) bond motifs is 1. The Bertz CT molecular complexity index is 1160. The molecule has 0 spiro atoms. The van der Waals surface area contributed by atoms with Crippen molar-refractivity contribution in [2.75, 3.05) is 5.73 Å². The van der Waals surface area contributed by atoms with Crippen molar-refractivity contribution in [2.45, 2.75) is 4.90 Å². The maximum absolute atomic E-state index is 11.3.